The summed E-state index contributed by atoms with van der Waals surface area (Å²) in [5, 5.41) is 8.15. The van der Waals surface area contributed by atoms with Crippen LogP contribution < -0.4 is 5.32 Å². The first-order valence-electron chi connectivity index (χ1n) is 8.10. The first-order valence-corrected chi connectivity index (χ1v) is 8.10. The molecule has 2 aromatic carbocycles. The highest BCUT2D eigenvalue weighted by Gasteiger charge is 2.21. The van der Waals surface area contributed by atoms with Gasteiger partial charge < -0.3 is 9.73 Å². The van der Waals surface area contributed by atoms with Crippen LogP contribution in [0.4, 0.5) is 0 Å². The van der Waals surface area contributed by atoms with Gasteiger partial charge in [-0.2, -0.15) is 5.10 Å². The van der Waals surface area contributed by atoms with Crippen molar-refractivity contribution in [1.29, 1.82) is 0 Å². The number of rotatable bonds is 5. The van der Waals surface area contributed by atoms with Crippen LogP contribution in [0.2, 0.25) is 0 Å². The molecule has 0 unspecified atom stereocenters. The molecule has 124 valence electrons. The van der Waals surface area contributed by atoms with Gasteiger partial charge in [-0.3, -0.25) is 9.48 Å². The van der Waals surface area contributed by atoms with Crippen molar-refractivity contribution in [2.75, 3.05) is 0 Å². The zero-order chi connectivity index (χ0) is 17.1. The molecule has 5 nitrogen and oxygen atoms in total. The van der Waals surface area contributed by atoms with Crippen LogP contribution in [0, 0.1) is 0 Å². The number of hydrogen-bond donors (Lipinski definition) is 1. The minimum Gasteiger partial charge on any atom is -0.459 e. The number of carbonyl (C=O) groups is 1. The van der Waals surface area contributed by atoms with Gasteiger partial charge in [0.15, 0.2) is 0 Å². The average Bonchev–Trinajstić information content (AvgIpc) is 3.29. The van der Waals surface area contributed by atoms with E-state index in [0.717, 1.165) is 16.5 Å². The van der Waals surface area contributed by atoms with Gasteiger partial charge in [0, 0.05) is 17.8 Å². The van der Waals surface area contributed by atoms with Crippen molar-refractivity contribution in [3.05, 3.63) is 90.4 Å². The Morgan fingerprint density at radius 3 is 2.64 bits per heavy atom. The van der Waals surface area contributed by atoms with Crippen LogP contribution in [0.25, 0.3) is 11.0 Å². The maximum absolute atomic E-state index is 12.5. The third-order valence-electron chi connectivity index (χ3n) is 4.03. The minimum atomic E-state index is -0.350. The van der Waals surface area contributed by atoms with Crippen molar-refractivity contribution < 1.29 is 9.21 Å². The lowest BCUT2D eigenvalue weighted by Gasteiger charge is -2.17. The number of hydrogen-bond acceptors (Lipinski definition) is 3. The molecule has 25 heavy (non-hydrogen) atoms. The second kappa shape index (κ2) is 6.65. The topological polar surface area (TPSA) is 60.1 Å². The zero-order valence-corrected chi connectivity index (χ0v) is 13.5. The van der Waals surface area contributed by atoms with Gasteiger partial charge in [0.05, 0.1) is 0 Å². The first-order chi connectivity index (χ1) is 12.3. The summed E-state index contributed by atoms with van der Waals surface area (Å²) in [6.07, 6.45) is 3.42. The molecule has 0 radical (unpaired) electrons. The number of benzene rings is 2. The Morgan fingerprint density at radius 1 is 1.08 bits per heavy atom. The standard InChI is InChI=1S/C20H17N3O2/c24-19(14-23-12-6-11-21-23)22-20(15-7-2-1-3-8-15)18-13-16-9-4-5-10-17(16)25-18/h1-13,20H,14H2,(H,22,24)/t20-/m1/s1. The number of amides is 1. The van der Waals surface area contributed by atoms with E-state index in [-0.39, 0.29) is 18.5 Å². The van der Waals surface area contributed by atoms with Crippen LogP contribution in [-0.4, -0.2) is 15.7 Å². The Hall–Kier alpha value is -3.34. The van der Waals surface area contributed by atoms with E-state index in [4.69, 9.17) is 4.42 Å². The summed E-state index contributed by atoms with van der Waals surface area (Å²) in [4.78, 5) is 12.5. The van der Waals surface area contributed by atoms with Gasteiger partial charge in [0.2, 0.25) is 5.91 Å². The Balaban J connectivity index is 1.65. The van der Waals surface area contributed by atoms with Gasteiger partial charge in [-0.1, -0.05) is 48.5 Å². The third-order valence-corrected chi connectivity index (χ3v) is 4.03. The Morgan fingerprint density at radius 2 is 1.88 bits per heavy atom. The lowest BCUT2D eigenvalue weighted by atomic mass is 10.0. The van der Waals surface area contributed by atoms with Gasteiger partial charge in [0.25, 0.3) is 0 Å². The molecule has 2 aromatic heterocycles. The fraction of sp³-hybridized carbons (Fsp3) is 0.100. The summed E-state index contributed by atoms with van der Waals surface area (Å²) in [7, 11) is 0. The number of aromatic nitrogens is 2. The van der Waals surface area contributed by atoms with E-state index in [1.807, 2.05) is 60.7 Å². The van der Waals surface area contributed by atoms with Crippen molar-refractivity contribution in [1.82, 2.24) is 15.1 Å². The van der Waals surface area contributed by atoms with Crippen molar-refractivity contribution >= 4 is 16.9 Å². The molecular formula is C20H17N3O2. The number of para-hydroxylation sites is 1. The van der Waals surface area contributed by atoms with E-state index < -0.39 is 0 Å². The molecule has 1 amide bonds. The molecule has 5 heteroatoms. The van der Waals surface area contributed by atoms with Crippen LogP contribution in [0.15, 0.2) is 83.5 Å². The van der Waals surface area contributed by atoms with Gasteiger partial charge >= 0.3 is 0 Å². The summed E-state index contributed by atoms with van der Waals surface area (Å²) < 4.78 is 7.58. The van der Waals surface area contributed by atoms with Crippen molar-refractivity contribution in [2.45, 2.75) is 12.6 Å². The molecule has 0 aliphatic carbocycles. The van der Waals surface area contributed by atoms with Gasteiger partial charge in [-0.25, -0.2) is 0 Å². The van der Waals surface area contributed by atoms with Crippen molar-refractivity contribution in [2.24, 2.45) is 0 Å². The van der Waals surface area contributed by atoms with E-state index in [2.05, 4.69) is 10.4 Å². The molecule has 1 atom stereocenters. The second-order valence-electron chi connectivity index (χ2n) is 5.80. The van der Waals surface area contributed by atoms with Crippen molar-refractivity contribution in [3.8, 4) is 0 Å². The lowest BCUT2D eigenvalue weighted by Crippen LogP contribution is -2.32. The minimum absolute atomic E-state index is 0.127. The molecule has 2 heterocycles. The van der Waals surface area contributed by atoms with E-state index in [0.29, 0.717) is 5.76 Å². The summed E-state index contributed by atoms with van der Waals surface area (Å²) in [6, 6.07) is 21.0. The van der Waals surface area contributed by atoms with Crippen LogP contribution in [-0.2, 0) is 11.3 Å². The highest BCUT2D eigenvalue weighted by Crippen LogP contribution is 2.28. The Labute approximate surface area is 144 Å². The van der Waals surface area contributed by atoms with E-state index in [1.54, 1.807) is 23.1 Å². The number of nitrogens with one attached hydrogen (secondary N) is 1. The molecule has 0 spiro atoms. The molecule has 0 bridgehead atoms. The van der Waals surface area contributed by atoms with Crippen LogP contribution in [0.5, 0.6) is 0 Å². The quantitative estimate of drug-likeness (QED) is 0.608. The molecule has 0 fully saturated rings. The van der Waals surface area contributed by atoms with Crippen LogP contribution >= 0.6 is 0 Å². The molecule has 1 N–H and O–H groups in total. The Kier molecular flexibility index (Phi) is 4.04. The number of nitrogens with zero attached hydrogens (tertiary/aromatic N) is 2. The summed E-state index contributed by atoms with van der Waals surface area (Å²) in [6.45, 7) is 0.163. The molecule has 0 aliphatic rings. The van der Waals surface area contributed by atoms with E-state index in [9.17, 15) is 4.79 Å². The fourth-order valence-electron chi connectivity index (χ4n) is 2.86. The van der Waals surface area contributed by atoms with Gasteiger partial charge in [0.1, 0.15) is 23.9 Å². The smallest absolute Gasteiger partial charge is 0.242 e. The van der Waals surface area contributed by atoms with Gasteiger partial charge in [-0.05, 0) is 23.8 Å². The van der Waals surface area contributed by atoms with Gasteiger partial charge in [-0.15, -0.1) is 0 Å². The summed E-state index contributed by atoms with van der Waals surface area (Å²) in [5.74, 6) is 0.583. The summed E-state index contributed by atoms with van der Waals surface area (Å²) >= 11 is 0. The third kappa shape index (κ3) is 3.30. The van der Waals surface area contributed by atoms with E-state index >= 15 is 0 Å². The molecule has 0 saturated heterocycles. The zero-order valence-electron chi connectivity index (χ0n) is 13.5. The molecule has 4 rings (SSSR count). The molecule has 0 saturated carbocycles. The highest BCUT2D eigenvalue weighted by atomic mass is 16.3. The number of carbonyl (C=O) groups excluding carboxylic acids is 1. The molecular weight excluding hydrogens is 314 g/mol. The maximum Gasteiger partial charge on any atom is 0.242 e. The number of fused-ring (bicyclic) bond motifs is 1. The lowest BCUT2D eigenvalue weighted by molar-refractivity contribution is -0.122. The predicted octanol–water partition coefficient (Wildman–Crippen LogP) is 3.54. The highest BCUT2D eigenvalue weighted by molar-refractivity contribution is 5.79. The monoisotopic (exact) mass is 331 g/mol. The predicted molar refractivity (Wildman–Crippen MR) is 94.9 cm³/mol. The average molecular weight is 331 g/mol. The van der Waals surface area contributed by atoms with E-state index in [1.165, 1.54) is 0 Å². The SMILES string of the molecule is O=C(Cn1cccn1)N[C@H](c1ccccc1)c1cc2ccccc2o1. The fourth-order valence-corrected chi connectivity index (χ4v) is 2.86. The number of furan rings is 1. The van der Waals surface area contributed by atoms with Crippen LogP contribution in [0.1, 0.15) is 17.4 Å². The second-order valence-corrected chi connectivity index (χ2v) is 5.80. The molecule has 0 aliphatic heterocycles. The first kappa shape index (κ1) is 15.2. The Bertz CT molecular complexity index is 942. The van der Waals surface area contributed by atoms with Crippen molar-refractivity contribution in [3.63, 3.8) is 0 Å². The maximum atomic E-state index is 12.5. The van der Waals surface area contributed by atoms with Crippen LogP contribution in [0.3, 0.4) is 0 Å². The molecule has 4 aromatic rings. The summed E-state index contributed by atoms with van der Waals surface area (Å²) in [5.41, 5.74) is 1.77. The normalized spacial score (nSPS) is 12.2. The largest absolute Gasteiger partial charge is 0.459 e.